The molecule has 0 N–H and O–H groups in total. The fourth-order valence-corrected chi connectivity index (χ4v) is 2.60. The van der Waals surface area contributed by atoms with E-state index >= 15 is 0 Å². The molecule has 0 saturated carbocycles. The Morgan fingerprint density at radius 3 is 2.85 bits per heavy atom. The molecular weight excluding hydrogens is 327 g/mol. The zero-order chi connectivity index (χ0) is 14.9. The Bertz CT molecular complexity index is 550. The van der Waals surface area contributed by atoms with E-state index in [0.29, 0.717) is 24.0 Å². The van der Waals surface area contributed by atoms with Gasteiger partial charge in [0.2, 0.25) is 11.8 Å². The summed E-state index contributed by atoms with van der Waals surface area (Å²) >= 11 is 3.18. The Kier molecular flexibility index (Phi) is 4.42. The van der Waals surface area contributed by atoms with Gasteiger partial charge in [0.15, 0.2) is 0 Å². The van der Waals surface area contributed by atoms with Gasteiger partial charge in [-0.3, -0.25) is 9.59 Å². The van der Waals surface area contributed by atoms with Crippen molar-refractivity contribution in [1.29, 1.82) is 0 Å². The summed E-state index contributed by atoms with van der Waals surface area (Å²) in [6.45, 7) is 2.77. The van der Waals surface area contributed by atoms with Crippen LogP contribution in [0.4, 0.5) is 10.1 Å². The van der Waals surface area contributed by atoms with Crippen LogP contribution >= 0.6 is 15.9 Å². The molecule has 1 saturated heterocycles. The fraction of sp³-hybridized carbons (Fsp3) is 0.429. The van der Waals surface area contributed by atoms with Crippen molar-refractivity contribution in [3.63, 3.8) is 0 Å². The van der Waals surface area contributed by atoms with Crippen molar-refractivity contribution >= 4 is 33.4 Å². The maximum Gasteiger partial charge on any atom is 0.239 e. The Labute approximate surface area is 125 Å². The van der Waals surface area contributed by atoms with E-state index in [9.17, 15) is 14.0 Å². The number of halogens is 2. The summed E-state index contributed by atoms with van der Waals surface area (Å²) in [7, 11) is 1.67. The van der Waals surface area contributed by atoms with E-state index in [4.69, 9.17) is 0 Å². The van der Waals surface area contributed by atoms with Crippen LogP contribution in [-0.2, 0) is 9.59 Å². The van der Waals surface area contributed by atoms with Crippen molar-refractivity contribution < 1.29 is 14.0 Å². The van der Waals surface area contributed by atoms with Gasteiger partial charge in [0.1, 0.15) is 11.7 Å². The van der Waals surface area contributed by atoms with Gasteiger partial charge in [0.25, 0.3) is 0 Å². The average Bonchev–Trinajstić information content (AvgIpc) is 2.79. The second-order valence-electron chi connectivity index (χ2n) is 4.78. The molecule has 0 spiro atoms. The van der Waals surface area contributed by atoms with Gasteiger partial charge in [-0.2, -0.15) is 0 Å². The van der Waals surface area contributed by atoms with Crippen molar-refractivity contribution in [2.75, 3.05) is 25.0 Å². The molecule has 0 aliphatic carbocycles. The van der Waals surface area contributed by atoms with Crippen LogP contribution in [0.2, 0.25) is 0 Å². The molecular formula is C14H16BrFN2O2. The number of benzene rings is 1. The predicted molar refractivity (Wildman–Crippen MR) is 77.9 cm³/mol. The Hall–Kier alpha value is -1.43. The molecule has 1 aliphatic heterocycles. The molecule has 1 unspecified atom stereocenters. The van der Waals surface area contributed by atoms with Crippen molar-refractivity contribution in [3.05, 3.63) is 28.5 Å². The van der Waals surface area contributed by atoms with Crippen molar-refractivity contribution in [3.8, 4) is 0 Å². The lowest BCUT2D eigenvalue weighted by Crippen LogP contribution is -2.38. The molecule has 0 radical (unpaired) electrons. The van der Waals surface area contributed by atoms with Crippen LogP contribution in [0.5, 0.6) is 0 Å². The lowest BCUT2D eigenvalue weighted by atomic mass is 10.1. The highest BCUT2D eigenvalue weighted by molar-refractivity contribution is 9.10. The number of amides is 2. The highest BCUT2D eigenvalue weighted by atomic mass is 79.9. The first kappa shape index (κ1) is 15.0. The van der Waals surface area contributed by atoms with Crippen molar-refractivity contribution in [2.24, 2.45) is 5.92 Å². The van der Waals surface area contributed by atoms with Crippen molar-refractivity contribution in [1.82, 2.24) is 4.90 Å². The van der Waals surface area contributed by atoms with Gasteiger partial charge in [0, 0.05) is 24.6 Å². The standard InChI is InChI=1S/C14H16BrFN2O2/c1-3-17(2)13(19)10-6-7-18(14(10)20)12-5-4-9(15)8-11(12)16/h4-5,8,10H,3,6-7H2,1-2H3. The molecule has 1 aromatic carbocycles. The smallest absolute Gasteiger partial charge is 0.239 e. The first-order chi connectivity index (χ1) is 9.45. The summed E-state index contributed by atoms with van der Waals surface area (Å²) in [5.41, 5.74) is 0.229. The number of hydrogen-bond acceptors (Lipinski definition) is 2. The van der Waals surface area contributed by atoms with Crippen molar-refractivity contribution in [2.45, 2.75) is 13.3 Å². The van der Waals surface area contributed by atoms with Gasteiger partial charge in [0.05, 0.1) is 5.69 Å². The van der Waals surface area contributed by atoms with Crippen LogP contribution in [0.25, 0.3) is 0 Å². The minimum Gasteiger partial charge on any atom is -0.345 e. The minimum absolute atomic E-state index is 0.197. The fourth-order valence-electron chi connectivity index (χ4n) is 2.27. The SMILES string of the molecule is CCN(C)C(=O)C1CCN(c2ccc(Br)cc2F)C1=O. The van der Waals surface area contributed by atoms with Gasteiger partial charge >= 0.3 is 0 Å². The Morgan fingerprint density at radius 1 is 1.55 bits per heavy atom. The minimum atomic E-state index is -0.692. The number of rotatable bonds is 3. The average molecular weight is 343 g/mol. The first-order valence-corrected chi connectivity index (χ1v) is 7.26. The highest BCUT2D eigenvalue weighted by Gasteiger charge is 2.39. The zero-order valence-electron chi connectivity index (χ0n) is 11.4. The second-order valence-corrected chi connectivity index (χ2v) is 5.69. The lowest BCUT2D eigenvalue weighted by molar-refractivity contribution is -0.138. The van der Waals surface area contributed by atoms with Crippen LogP contribution in [0.1, 0.15) is 13.3 Å². The van der Waals surface area contributed by atoms with Crippen LogP contribution in [0.3, 0.4) is 0 Å². The summed E-state index contributed by atoms with van der Waals surface area (Å²) in [4.78, 5) is 27.3. The molecule has 2 amide bonds. The summed E-state index contributed by atoms with van der Waals surface area (Å²) in [5.74, 6) is -1.68. The summed E-state index contributed by atoms with van der Waals surface area (Å²) < 4.78 is 14.5. The maximum atomic E-state index is 13.9. The van der Waals surface area contributed by atoms with E-state index in [-0.39, 0.29) is 17.5 Å². The van der Waals surface area contributed by atoms with E-state index in [1.165, 1.54) is 15.9 Å². The third kappa shape index (κ3) is 2.70. The molecule has 1 fully saturated rings. The van der Waals surface area contributed by atoms with Gasteiger partial charge in [-0.1, -0.05) is 15.9 Å². The molecule has 4 nitrogen and oxygen atoms in total. The van der Waals surface area contributed by atoms with E-state index < -0.39 is 11.7 Å². The molecule has 6 heteroatoms. The van der Waals surface area contributed by atoms with E-state index in [1.54, 1.807) is 19.2 Å². The summed E-state index contributed by atoms with van der Waals surface area (Å²) in [5, 5.41) is 0. The number of hydrogen-bond donors (Lipinski definition) is 0. The Morgan fingerprint density at radius 2 is 2.25 bits per heavy atom. The Balaban J connectivity index is 2.21. The molecule has 0 aromatic heterocycles. The van der Waals surface area contributed by atoms with Gasteiger partial charge < -0.3 is 9.80 Å². The van der Waals surface area contributed by atoms with Crippen LogP contribution in [0, 0.1) is 11.7 Å². The first-order valence-electron chi connectivity index (χ1n) is 6.47. The third-order valence-electron chi connectivity index (χ3n) is 3.55. The van der Waals surface area contributed by atoms with Gasteiger partial charge in [-0.25, -0.2) is 4.39 Å². The molecule has 108 valence electrons. The second kappa shape index (κ2) is 5.91. The quantitative estimate of drug-likeness (QED) is 0.791. The molecule has 2 rings (SSSR count). The van der Waals surface area contributed by atoms with Crippen LogP contribution in [0.15, 0.2) is 22.7 Å². The monoisotopic (exact) mass is 342 g/mol. The van der Waals surface area contributed by atoms with Gasteiger partial charge in [-0.15, -0.1) is 0 Å². The largest absolute Gasteiger partial charge is 0.345 e. The molecule has 1 aliphatic rings. The third-order valence-corrected chi connectivity index (χ3v) is 4.05. The highest BCUT2D eigenvalue weighted by Crippen LogP contribution is 2.29. The molecule has 20 heavy (non-hydrogen) atoms. The number of nitrogens with zero attached hydrogens (tertiary/aromatic N) is 2. The summed E-state index contributed by atoms with van der Waals surface area (Å²) in [6.07, 6.45) is 0.428. The van der Waals surface area contributed by atoms with Crippen LogP contribution < -0.4 is 4.90 Å². The normalized spacial score (nSPS) is 18.5. The lowest BCUT2D eigenvalue weighted by Gasteiger charge is -2.20. The molecule has 1 aromatic rings. The number of carbonyl (C=O) groups is 2. The maximum absolute atomic E-state index is 13.9. The predicted octanol–water partition coefficient (Wildman–Crippen LogP) is 2.42. The van der Waals surface area contributed by atoms with E-state index in [1.807, 2.05) is 6.92 Å². The molecule has 0 bridgehead atoms. The number of carbonyl (C=O) groups excluding carboxylic acids is 2. The topological polar surface area (TPSA) is 40.6 Å². The number of anilines is 1. The van der Waals surface area contributed by atoms with E-state index in [2.05, 4.69) is 15.9 Å². The van der Waals surface area contributed by atoms with E-state index in [0.717, 1.165) is 0 Å². The zero-order valence-corrected chi connectivity index (χ0v) is 13.0. The van der Waals surface area contributed by atoms with Crippen LogP contribution in [-0.4, -0.2) is 36.9 Å². The van der Waals surface area contributed by atoms with Gasteiger partial charge in [-0.05, 0) is 31.5 Å². The molecule has 1 heterocycles. The summed E-state index contributed by atoms with van der Waals surface area (Å²) in [6, 6.07) is 4.54. The molecule has 1 atom stereocenters.